The molecule has 0 aromatic heterocycles. The van der Waals surface area contributed by atoms with Crippen LogP contribution in [0.25, 0.3) is 0 Å². The van der Waals surface area contributed by atoms with Crippen molar-refractivity contribution in [1.29, 1.82) is 0 Å². The molecule has 0 bridgehead atoms. The highest BCUT2D eigenvalue weighted by molar-refractivity contribution is 6.84. The number of ether oxygens (including phenoxy) is 1. The second-order valence-corrected chi connectivity index (χ2v) is 18.8. The molecular formula is C19H37ClO5Si2. The summed E-state index contributed by atoms with van der Waals surface area (Å²) in [6.07, 6.45) is -0.579. The Morgan fingerprint density at radius 1 is 0.963 bits per heavy atom. The van der Waals surface area contributed by atoms with Gasteiger partial charge in [-0.3, -0.25) is 0 Å². The zero-order valence-corrected chi connectivity index (χ0v) is 21.0. The van der Waals surface area contributed by atoms with E-state index in [-0.39, 0.29) is 28.3 Å². The van der Waals surface area contributed by atoms with Crippen LogP contribution in [0.15, 0.2) is 0 Å². The second kappa shape index (κ2) is 8.16. The molecule has 4 atom stereocenters. The van der Waals surface area contributed by atoms with Crippen LogP contribution in [0.1, 0.15) is 62.3 Å². The molecule has 0 aromatic rings. The zero-order chi connectivity index (χ0) is 20.8. The summed E-state index contributed by atoms with van der Waals surface area (Å²) in [5, 5.41) is 0. The highest BCUT2D eigenvalue weighted by Gasteiger charge is 2.64. The summed E-state index contributed by atoms with van der Waals surface area (Å²) >= 11 is 6.74. The fraction of sp³-hybridized carbons (Fsp3) is 0.947. The van der Waals surface area contributed by atoms with E-state index in [1.54, 1.807) is 0 Å². The molecule has 2 saturated heterocycles. The van der Waals surface area contributed by atoms with E-state index in [1.807, 2.05) is 6.92 Å². The highest BCUT2D eigenvalue weighted by Crippen LogP contribution is 2.49. The normalized spacial score (nSPS) is 36.1. The van der Waals surface area contributed by atoms with Gasteiger partial charge >= 0.3 is 17.1 Å². The molecule has 158 valence electrons. The molecule has 5 nitrogen and oxygen atoms in total. The molecule has 1 unspecified atom stereocenters. The van der Waals surface area contributed by atoms with Gasteiger partial charge in [-0.15, -0.1) is 11.6 Å². The van der Waals surface area contributed by atoms with E-state index < -0.39 is 34.2 Å². The van der Waals surface area contributed by atoms with Crippen molar-refractivity contribution >= 4 is 35.0 Å². The van der Waals surface area contributed by atoms with Gasteiger partial charge < -0.3 is 22.5 Å². The molecule has 2 aliphatic rings. The maximum absolute atomic E-state index is 11.9. The molecule has 0 N–H and O–H groups in total. The van der Waals surface area contributed by atoms with Crippen molar-refractivity contribution < 1.29 is 22.5 Å². The Bertz CT molecular complexity index is 526. The van der Waals surface area contributed by atoms with E-state index in [9.17, 15) is 4.79 Å². The molecule has 27 heavy (non-hydrogen) atoms. The number of alkyl halides is 1. The average Bonchev–Trinajstić information content (AvgIpc) is 2.78. The number of carbonyl (C=O) groups excluding carboxylic acids is 1. The molecule has 2 aliphatic heterocycles. The van der Waals surface area contributed by atoms with Crippen molar-refractivity contribution in [3.05, 3.63) is 0 Å². The molecule has 0 saturated carbocycles. The van der Waals surface area contributed by atoms with Gasteiger partial charge in [0.05, 0.1) is 12.7 Å². The van der Waals surface area contributed by atoms with Crippen LogP contribution in [0.2, 0.25) is 22.2 Å². The fourth-order valence-electron chi connectivity index (χ4n) is 4.53. The largest absolute Gasteiger partial charge is 0.414 e. The van der Waals surface area contributed by atoms with Crippen molar-refractivity contribution in [1.82, 2.24) is 0 Å². The van der Waals surface area contributed by atoms with Crippen molar-refractivity contribution in [2.75, 3.05) is 6.61 Å². The van der Waals surface area contributed by atoms with Gasteiger partial charge in [0.1, 0.15) is 18.5 Å². The fourth-order valence-corrected chi connectivity index (χ4v) is 16.1. The van der Waals surface area contributed by atoms with Crippen molar-refractivity contribution in [3.63, 3.8) is 0 Å². The molecule has 2 fully saturated rings. The molecule has 8 heteroatoms. The number of rotatable bonds is 5. The SMILES string of the molecule is CC(C)[Si]1(C(C)C)OC[C@H]2O[C@@H](C)[C@@](Cl)(C=O)C2O[Si](C(C)C)(C(C)C)O1. The lowest BCUT2D eigenvalue weighted by atomic mass is 9.98. The van der Waals surface area contributed by atoms with Gasteiger partial charge in [-0.2, -0.15) is 0 Å². The maximum atomic E-state index is 11.9. The first-order valence-corrected chi connectivity index (χ1v) is 14.5. The summed E-state index contributed by atoms with van der Waals surface area (Å²) in [4.78, 5) is 10.7. The van der Waals surface area contributed by atoms with Crippen LogP contribution in [0.4, 0.5) is 0 Å². The van der Waals surface area contributed by atoms with Gasteiger partial charge in [-0.25, -0.2) is 0 Å². The van der Waals surface area contributed by atoms with E-state index in [0.717, 1.165) is 6.29 Å². The third-order valence-electron chi connectivity index (χ3n) is 6.28. The number of halogens is 1. The van der Waals surface area contributed by atoms with Crippen LogP contribution in [0, 0.1) is 0 Å². The summed E-state index contributed by atoms with van der Waals surface area (Å²) in [7, 11) is -5.38. The van der Waals surface area contributed by atoms with Crippen LogP contribution in [0.5, 0.6) is 0 Å². The van der Waals surface area contributed by atoms with Crippen molar-refractivity contribution in [2.24, 2.45) is 0 Å². The minimum atomic E-state index is -2.79. The predicted molar refractivity (Wildman–Crippen MR) is 113 cm³/mol. The Kier molecular flexibility index (Phi) is 7.11. The lowest BCUT2D eigenvalue weighted by molar-refractivity contribution is -0.112. The van der Waals surface area contributed by atoms with Crippen LogP contribution in [-0.2, 0) is 22.5 Å². The van der Waals surface area contributed by atoms with Crippen LogP contribution < -0.4 is 0 Å². The van der Waals surface area contributed by atoms with Gasteiger partial charge in [-0.1, -0.05) is 55.4 Å². The summed E-state index contributed by atoms with van der Waals surface area (Å²) < 4.78 is 26.6. The monoisotopic (exact) mass is 436 g/mol. The van der Waals surface area contributed by atoms with Crippen LogP contribution in [-0.4, -0.2) is 53.2 Å². The topological polar surface area (TPSA) is 54.0 Å². The van der Waals surface area contributed by atoms with E-state index in [1.165, 1.54) is 0 Å². The molecule has 0 aliphatic carbocycles. The summed E-state index contributed by atoms with van der Waals surface area (Å²) in [5.41, 5.74) is 0.917. The smallest absolute Gasteiger partial charge is 0.335 e. The number of aldehydes is 1. The van der Waals surface area contributed by atoms with Gasteiger partial charge in [0.25, 0.3) is 0 Å². The minimum Gasteiger partial charge on any atom is -0.414 e. The maximum Gasteiger partial charge on any atom is 0.335 e. The Hall–Kier alpha value is 0.234. The van der Waals surface area contributed by atoms with Crippen molar-refractivity contribution in [2.45, 2.75) is 108 Å². The summed E-state index contributed by atoms with van der Waals surface area (Å²) in [6, 6.07) is 0. The Labute approximate surface area is 171 Å². The van der Waals surface area contributed by atoms with E-state index in [4.69, 9.17) is 29.3 Å². The molecular weight excluding hydrogens is 400 g/mol. The van der Waals surface area contributed by atoms with E-state index >= 15 is 0 Å². The van der Waals surface area contributed by atoms with Crippen LogP contribution in [0.3, 0.4) is 0 Å². The van der Waals surface area contributed by atoms with Gasteiger partial charge in [-0.05, 0) is 29.1 Å². The van der Waals surface area contributed by atoms with Gasteiger partial charge in [0, 0.05) is 0 Å². The molecule has 0 spiro atoms. The zero-order valence-electron chi connectivity index (χ0n) is 18.2. The lowest BCUT2D eigenvalue weighted by Crippen LogP contribution is -2.66. The Balaban J connectivity index is 2.61. The summed E-state index contributed by atoms with van der Waals surface area (Å²) in [6.45, 7) is 19.5. The minimum absolute atomic E-state index is 0.188. The van der Waals surface area contributed by atoms with Gasteiger partial charge in [0.15, 0.2) is 4.87 Å². The molecule has 0 amide bonds. The first-order valence-electron chi connectivity index (χ1n) is 10.2. The highest BCUT2D eigenvalue weighted by atomic mass is 35.5. The molecule has 2 heterocycles. The molecule has 0 aromatic carbocycles. The summed E-state index contributed by atoms with van der Waals surface area (Å²) in [5.74, 6) is 0. The Morgan fingerprint density at radius 3 is 1.85 bits per heavy atom. The quantitative estimate of drug-likeness (QED) is 0.348. The average molecular weight is 437 g/mol. The third kappa shape index (κ3) is 3.73. The number of carbonyl (C=O) groups is 1. The lowest BCUT2D eigenvalue weighted by Gasteiger charge is -2.51. The first-order chi connectivity index (χ1) is 12.4. The molecule has 2 rings (SSSR count). The predicted octanol–water partition coefficient (Wildman–Crippen LogP) is 4.91. The second-order valence-electron chi connectivity index (χ2n) is 9.28. The number of fused-ring (bicyclic) bond motifs is 1. The third-order valence-corrected chi connectivity index (χ3v) is 17.1. The first kappa shape index (κ1) is 23.5. The van der Waals surface area contributed by atoms with Gasteiger partial charge in [0.2, 0.25) is 0 Å². The van der Waals surface area contributed by atoms with E-state index in [0.29, 0.717) is 6.61 Å². The molecule has 0 radical (unpaired) electrons. The number of hydrogen-bond donors (Lipinski definition) is 0. The number of hydrogen-bond acceptors (Lipinski definition) is 5. The Morgan fingerprint density at radius 2 is 1.44 bits per heavy atom. The van der Waals surface area contributed by atoms with Crippen molar-refractivity contribution in [3.8, 4) is 0 Å². The standard InChI is InChI=1S/C19H37ClO5Si2/c1-12(2)26(13(3)4)22-10-17-18(19(20,11-21)16(9)23-17)24-27(25-26,14(5)6)15(7)8/h11-18H,10H2,1-9H3/t16-,17+,18?,19-/m0/s1. The van der Waals surface area contributed by atoms with E-state index in [2.05, 4.69) is 55.4 Å². The van der Waals surface area contributed by atoms with Crippen LogP contribution >= 0.6 is 11.6 Å².